The molecule has 6 heteroatoms. The van der Waals surface area contributed by atoms with Crippen LogP contribution in [0.25, 0.3) is 0 Å². The number of hydrogen-bond donors (Lipinski definition) is 1. The number of benzene rings is 2. The molecular weight excluding hydrogens is 368 g/mol. The summed E-state index contributed by atoms with van der Waals surface area (Å²) in [5.74, 6) is 1.92. The van der Waals surface area contributed by atoms with Gasteiger partial charge in [0.2, 0.25) is 0 Å². The summed E-state index contributed by atoms with van der Waals surface area (Å²) in [6.07, 6.45) is 2.06. The molecule has 0 spiro atoms. The number of ether oxygens (including phenoxy) is 2. The third-order valence-electron chi connectivity index (χ3n) is 5.16. The molecule has 1 saturated heterocycles. The van der Waals surface area contributed by atoms with Gasteiger partial charge in [-0.05, 0) is 61.2 Å². The Morgan fingerprint density at radius 1 is 1.03 bits per heavy atom. The number of piperidine rings is 1. The van der Waals surface area contributed by atoms with E-state index in [4.69, 9.17) is 9.47 Å². The molecule has 1 heterocycles. The van der Waals surface area contributed by atoms with E-state index in [2.05, 4.69) is 12.2 Å². The Kier molecular flexibility index (Phi) is 7.11. The van der Waals surface area contributed by atoms with Gasteiger partial charge in [-0.3, -0.25) is 9.59 Å². The SMILES string of the molecule is COc1ccc(OCCNC(=O)c2cccc(C(=O)N3CCC(C)CC3)c2)cc1. The van der Waals surface area contributed by atoms with E-state index in [1.54, 1.807) is 31.4 Å². The van der Waals surface area contributed by atoms with Gasteiger partial charge >= 0.3 is 0 Å². The first-order chi connectivity index (χ1) is 14.1. The fraction of sp³-hybridized carbons (Fsp3) is 0.391. The van der Waals surface area contributed by atoms with Gasteiger partial charge in [0, 0.05) is 24.2 Å². The zero-order chi connectivity index (χ0) is 20.6. The van der Waals surface area contributed by atoms with Gasteiger partial charge in [-0.1, -0.05) is 13.0 Å². The minimum Gasteiger partial charge on any atom is -0.497 e. The van der Waals surface area contributed by atoms with Crippen LogP contribution in [0.15, 0.2) is 48.5 Å². The minimum atomic E-state index is -0.217. The number of amides is 2. The summed E-state index contributed by atoms with van der Waals surface area (Å²) in [5.41, 5.74) is 1.03. The van der Waals surface area contributed by atoms with Gasteiger partial charge in [-0.15, -0.1) is 0 Å². The maximum absolute atomic E-state index is 12.7. The smallest absolute Gasteiger partial charge is 0.253 e. The molecule has 0 unspecified atom stereocenters. The summed E-state index contributed by atoms with van der Waals surface area (Å²) >= 11 is 0. The third-order valence-corrected chi connectivity index (χ3v) is 5.16. The molecule has 0 aliphatic carbocycles. The van der Waals surface area contributed by atoms with Gasteiger partial charge < -0.3 is 19.7 Å². The quantitative estimate of drug-likeness (QED) is 0.729. The number of methoxy groups -OCH3 is 1. The standard InChI is InChI=1S/C23H28N2O4/c1-17-10-13-25(14-11-17)23(27)19-5-3-4-18(16-19)22(26)24-12-15-29-21-8-6-20(28-2)7-9-21/h3-9,16-17H,10-15H2,1-2H3,(H,24,26). The first-order valence-corrected chi connectivity index (χ1v) is 10.0. The molecule has 1 aliphatic rings. The van der Waals surface area contributed by atoms with Crippen molar-refractivity contribution in [1.82, 2.24) is 10.2 Å². The lowest BCUT2D eigenvalue weighted by atomic mass is 9.98. The summed E-state index contributed by atoms with van der Waals surface area (Å²) in [4.78, 5) is 27.0. The Labute approximate surface area is 171 Å². The highest BCUT2D eigenvalue weighted by Crippen LogP contribution is 2.19. The number of carbonyl (C=O) groups is 2. The molecule has 0 atom stereocenters. The average molecular weight is 396 g/mol. The first kappa shape index (κ1) is 20.7. The molecule has 0 bridgehead atoms. The highest BCUT2D eigenvalue weighted by molar-refractivity contribution is 5.99. The van der Waals surface area contributed by atoms with Crippen LogP contribution in [-0.2, 0) is 0 Å². The summed E-state index contributed by atoms with van der Waals surface area (Å²) in [5, 5.41) is 2.83. The van der Waals surface area contributed by atoms with Crippen LogP contribution in [0.4, 0.5) is 0 Å². The van der Waals surface area contributed by atoms with Crippen LogP contribution in [0.1, 0.15) is 40.5 Å². The van der Waals surface area contributed by atoms with E-state index >= 15 is 0 Å². The van der Waals surface area contributed by atoms with E-state index < -0.39 is 0 Å². The Morgan fingerprint density at radius 2 is 1.69 bits per heavy atom. The number of rotatable bonds is 7. The number of nitrogens with one attached hydrogen (secondary N) is 1. The van der Waals surface area contributed by atoms with E-state index in [0.29, 0.717) is 35.9 Å². The number of hydrogen-bond acceptors (Lipinski definition) is 4. The second-order valence-corrected chi connectivity index (χ2v) is 7.34. The Hall–Kier alpha value is -3.02. The molecule has 29 heavy (non-hydrogen) atoms. The second kappa shape index (κ2) is 9.96. The van der Waals surface area contributed by atoms with Crippen LogP contribution in [0.3, 0.4) is 0 Å². The molecule has 3 rings (SSSR count). The average Bonchev–Trinajstić information content (AvgIpc) is 2.77. The number of likely N-dealkylation sites (tertiary alicyclic amines) is 1. The molecule has 6 nitrogen and oxygen atoms in total. The lowest BCUT2D eigenvalue weighted by Crippen LogP contribution is -2.38. The predicted octanol–water partition coefficient (Wildman–Crippen LogP) is 3.38. The van der Waals surface area contributed by atoms with Gasteiger partial charge in [0.1, 0.15) is 18.1 Å². The van der Waals surface area contributed by atoms with Crippen LogP contribution in [0.2, 0.25) is 0 Å². The van der Waals surface area contributed by atoms with Gasteiger partial charge in [0.25, 0.3) is 11.8 Å². The van der Waals surface area contributed by atoms with E-state index in [1.807, 2.05) is 29.2 Å². The Morgan fingerprint density at radius 3 is 2.38 bits per heavy atom. The van der Waals surface area contributed by atoms with E-state index in [0.717, 1.165) is 31.7 Å². The zero-order valence-corrected chi connectivity index (χ0v) is 17.0. The predicted molar refractivity (Wildman–Crippen MR) is 112 cm³/mol. The van der Waals surface area contributed by atoms with Crippen molar-refractivity contribution in [1.29, 1.82) is 0 Å². The molecule has 2 aromatic rings. The lowest BCUT2D eigenvalue weighted by molar-refractivity contribution is 0.0697. The fourth-order valence-corrected chi connectivity index (χ4v) is 3.30. The lowest BCUT2D eigenvalue weighted by Gasteiger charge is -2.30. The fourth-order valence-electron chi connectivity index (χ4n) is 3.30. The van der Waals surface area contributed by atoms with Crippen LogP contribution in [-0.4, -0.2) is 50.1 Å². The monoisotopic (exact) mass is 396 g/mol. The molecule has 1 N–H and O–H groups in total. The molecule has 1 aliphatic heterocycles. The van der Waals surface area contributed by atoms with Crippen molar-refractivity contribution >= 4 is 11.8 Å². The largest absolute Gasteiger partial charge is 0.497 e. The van der Waals surface area contributed by atoms with E-state index in [9.17, 15) is 9.59 Å². The van der Waals surface area contributed by atoms with Crippen LogP contribution in [0, 0.1) is 5.92 Å². The molecule has 0 radical (unpaired) electrons. The van der Waals surface area contributed by atoms with Gasteiger partial charge in [-0.25, -0.2) is 0 Å². The number of nitrogens with zero attached hydrogens (tertiary/aromatic N) is 1. The van der Waals surface area contributed by atoms with Gasteiger partial charge in [0.05, 0.1) is 13.7 Å². The van der Waals surface area contributed by atoms with Gasteiger partial charge in [-0.2, -0.15) is 0 Å². The maximum Gasteiger partial charge on any atom is 0.253 e. The molecule has 154 valence electrons. The summed E-state index contributed by atoms with van der Waals surface area (Å²) < 4.78 is 10.7. The van der Waals surface area contributed by atoms with Crippen molar-refractivity contribution in [3.8, 4) is 11.5 Å². The molecular formula is C23H28N2O4. The topological polar surface area (TPSA) is 67.9 Å². The normalized spacial score (nSPS) is 14.3. The van der Waals surface area contributed by atoms with Crippen LogP contribution < -0.4 is 14.8 Å². The molecule has 2 amide bonds. The Balaban J connectivity index is 1.49. The van der Waals surface area contributed by atoms with Crippen molar-refractivity contribution < 1.29 is 19.1 Å². The minimum absolute atomic E-state index is 0.00520. The van der Waals surface area contributed by atoms with Crippen molar-refractivity contribution in [2.24, 2.45) is 5.92 Å². The highest BCUT2D eigenvalue weighted by Gasteiger charge is 2.22. The molecule has 0 saturated carbocycles. The maximum atomic E-state index is 12.7. The van der Waals surface area contributed by atoms with Crippen molar-refractivity contribution in [2.75, 3.05) is 33.4 Å². The molecule has 0 aromatic heterocycles. The zero-order valence-electron chi connectivity index (χ0n) is 17.0. The van der Waals surface area contributed by atoms with Crippen LogP contribution >= 0.6 is 0 Å². The highest BCUT2D eigenvalue weighted by atomic mass is 16.5. The summed E-state index contributed by atoms with van der Waals surface area (Å²) in [7, 11) is 1.61. The van der Waals surface area contributed by atoms with E-state index in [1.165, 1.54) is 0 Å². The molecule has 1 fully saturated rings. The van der Waals surface area contributed by atoms with Crippen molar-refractivity contribution in [2.45, 2.75) is 19.8 Å². The van der Waals surface area contributed by atoms with Crippen molar-refractivity contribution in [3.63, 3.8) is 0 Å². The first-order valence-electron chi connectivity index (χ1n) is 10.0. The van der Waals surface area contributed by atoms with Gasteiger partial charge in [0.15, 0.2) is 0 Å². The Bertz CT molecular complexity index is 827. The third kappa shape index (κ3) is 5.73. The molecule has 2 aromatic carbocycles. The van der Waals surface area contributed by atoms with Crippen molar-refractivity contribution in [3.05, 3.63) is 59.7 Å². The summed E-state index contributed by atoms with van der Waals surface area (Å²) in [6.45, 7) is 4.49. The summed E-state index contributed by atoms with van der Waals surface area (Å²) in [6, 6.07) is 14.2. The van der Waals surface area contributed by atoms with E-state index in [-0.39, 0.29) is 11.8 Å². The second-order valence-electron chi connectivity index (χ2n) is 7.34. The number of carbonyl (C=O) groups excluding carboxylic acids is 2. The van der Waals surface area contributed by atoms with Crippen LogP contribution in [0.5, 0.6) is 11.5 Å².